The van der Waals surface area contributed by atoms with Crippen molar-refractivity contribution in [3.8, 4) is 0 Å². The third kappa shape index (κ3) is 4.76. The van der Waals surface area contributed by atoms with Gasteiger partial charge < -0.3 is 15.4 Å². The van der Waals surface area contributed by atoms with Crippen LogP contribution in [0.1, 0.15) is 38.8 Å². The first-order valence-electron chi connectivity index (χ1n) is 9.19. The number of nitrogens with zero attached hydrogens (tertiary/aromatic N) is 2. The molecule has 3 aromatic rings. The summed E-state index contributed by atoms with van der Waals surface area (Å²) in [4.78, 5) is 32.6. The Morgan fingerprint density at radius 2 is 1.76 bits per heavy atom. The Morgan fingerprint density at radius 3 is 2.45 bits per heavy atom. The van der Waals surface area contributed by atoms with E-state index in [1.54, 1.807) is 24.3 Å². The van der Waals surface area contributed by atoms with E-state index < -0.39 is 5.97 Å². The SMILES string of the molecule is CCc1cccc(C)c1NC(=O)c1cnc(Nc2cccc(C(=O)OC)c2)nc1. The van der Waals surface area contributed by atoms with Gasteiger partial charge in [0, 0.05) is 23.8 Å². The van der Waals surface area contributed by atoms with E-state index in [1.807, 2.05) is 32.0 Å². The summed E-state index contributed by atoms with van der Waals surface area (Å²) in [6.45, 7) is 4.00. The number of esters is 1. The van der Waals surface area contributed by atoms with Crippen LogP contribution in [0.25, 0.3) is 0 Å². The summed E-state index contributed by atoms with van der Waals surface area (Å²) in [5.41, 5.74) is 4.30. The van der Waals surface area contributed by atoms with Gasteiger partial charge in [-0.1, -0.05) is 31.2 Å². The second-order valence-corrected chi connectivity index (χ2v) is 6.41. The quantitative estimate of drug-likeness (QED) is 0.615. The number of carbonyl (C=O) groups is 2. The number of para-hydroxylation sites is 1. The van der Waals surface area contributed by atoms with Crippen LogP contribution in [0.15, 0.2) is 54.9 Å². The van der Waals surface area contributed by atoms with Crippen LogP contribution >= 0.6 is 0 Å². The van der Waals surface area contributed by atoms with Crippen LogP contribution < -0.4 is 10.6 Å². The van der Waals surface area contributed by atoms with Gasteiger partial charge in [-0.05, 0) is 42.7 Å². The minimum Gasteiger partial charge on any atom is -0.465 e. The fourth-order valence-electron chi connectivity index (χ4n) is 2.87. The molecule has 2 N–H and O–H groups in total. The standard InChI is InChI=1S/C22H22N4O3/c1-4-15-8-5-7-14(2)19(15)26-20(27)17-12-23-22(24-13-17)25-18-10-6-9-16(11-18)21(28)29-3/h5-13H,4H2,1-3H3,(H,26,27)(H,23,24,25). The summed E-state index contributed by atoms with van der Waals surface area (Å²) in [5, 5.41) is 5.96. The minimum atomic E-state index is -0.427. The van der Waals surface area contributed by atoms with Gasteiger partial charge in [-0.25, -0.2) is 14.8 Å². The van der Waals surface area contributed by atoms with Crippen molar-refractivity contribution in [2.24, 2.45) is 0 Å². The predicted molar refractivity (Wildman–Crippen MR) is 112 cm³/mol. The molecule has 0 radical (unpaired) electrons. The number of benzene rings is 2. The van der Waals surface area contributed by atoms with Gasteiger partial charge in [0.1, 0.15) is 0 Å². The average molecular weight is 390 g/mol. The van der Waals surface area contributed by atoms with E-state index >= 15 is 0 Å². The number of ether oxygens (including phenoxy) is 1. The lowest BCUT2D eigenvalue weighted by Gasteiger charge is -2.13. The van der Waals surface area contributed by atoms with Crippen LogP contribution in [-0.2, 0) is 11.2 Å². The summed E-state index contributed by atoms with van der Waals surface area (Å²) >= 11 is 0. The highest BCUT2D eigenvalue weighted by Gasteiger charge is 2.12. The molecule has 7 heteroatoms. The number of nitrogens with one attached hydrogen (secondary N) is 2. The molecule has 1 amide bonds. The number of hydrogen-bond acceptors (Lipinski definition) is 6. The number of methoxy groups -OCH3 is 1. The highest BCUT2D eigenvalue weighted by molar-refractivity contribution is 6.04. The Labute approximate surface area is 169 Å². The first-order chi connectivity index (χ1) is 14.0. The first kappa shape index (κ1) is 20.0. The smallest absolute Gasteiger partial charge is 0.337 e. The van der Waals surface area contributed by atoms with Crippen molar-refractivity contribution in [3.63, 3.8) is 0 Å². The van der Waals surface area contributed by atoms with Crippen molar-refractivity contribution in [2.45, 2.75) is 20.3 Å². The maximum absolute atomic E-state index is 12.6. The third-order valence-electron chi connectivity index (χ3n) is 4.43. The van der Waals surface area contributed by atoms with E-state index in [4.69, 9.17) is 4.74 Å². The van der Waals surface area contributed by atoms with Crippen LogP contribution in [0.3, 0.4) is 0 Å². The molecule has 0 saturated carbocycles. The number of anilines is 3. The topological polar surface area (TPSA) is 93.2 Å². The van der Waals surface area contributed by atoms with Gasteiger partial charge in [-0.15, -0.1) is 0 Å². The molecule has 0 aliphatic rings. The molecule has 0 saturated heterocycles. The zero-order valence-electron chi connectivity index (χ0n) is 16.5. The monoisotopic (exact) mass is 390 g/mol. The molecule has 148 valence electrons. The van der Waals surface area contributed by atoms with E-state index in [-0.39, 0.29) is 5.91 Å². The molecule has 1 aromatic heterocycles. The summed E-state index contributed by atoms with van der Waals surface area (Å²) in [6.07, 6.45) is 3.73. The van der Waals surface area contributed by atoms with E-state index in [0.717, 1.165) is 23.2 Å². The van der Waals surface area contributed by atoms with E-state index in [1.165, 1.54) is 19.5 Å². The van der Waals surface area contributed by atoms with Crippen LogP contribution in [0.5, 0.6) is 0 Å². The Kier molecular flexibility index (Phi) is 6.19. The van der Waals surface area contributed by atoms with Crippen molar-refractivity contribution < 1.29 is 14.3 Å². The van der Waals surface area contributed by atoms with Gasteiger partial charge in [-0.2, -0.15) is 0 Å². The fraction of sp³-hybridized carbons (Fsp3) is 0.182. The number of hydrogen-bond donors (Lipinski definition) is 2. The van der Waals surface area contributed by atoms with Crippen molar-refractivity contribution in [1.82, 2.24) is 9.97 Å². The van der Waals surface area contributed by atoms with Crippen LogP contribution in [0.2, 0.25) is 0 Å². The zero-order chi connectivity index (χ0) is 20.8. The molecule has 0 bridgehead atoms. The van der Waals surface area contributed by atoms with Crippen molar-refractivity contribution in [3.05, 3.63) is 77.1 Å². The Bertz CT molecular complexity index is 1030. The number of rotatable bonds is 6. The van der Waals surface area contributed by atoms with E-state index in [0.29, 0.717) is 22.8 Å². The van der Waals surface area contributed by atoms with Crippen molar-refractivity contribution >= 4 is 29.2 Å². The molecule has 0 spiro atoms. The molecule has 0 unspecified atom stereocenters. The predicted octanol–water partition coefficient (Wildman–Crippen LogP) is 4.13. The Balaban J connectivity index is 1.72. The molecule has 0 aliphatic heterocycles. The first-order valence-corrected chi connectivity index (χ1v) is 9.19. The maximum atomic E-state index is 12.6. The van der Waals surface area contributed by atoms with Crippen LogP contribution in [0.4, 0.5) is 17.3 Å². The summed E-state index contributed by atoms with van der Waals surface area (Å²) in [5.74, 6) is -0.383. The summed E-state index contributed by atoms with van der Waals surface area (Å²) < 4.78 is 4.71. The summed E-state index contributed by atoms with van der Waals surface area (Å²) in [6, 6.07) is 12.7. The van der Waals surface area contributed by atoms with Gasteiger partial charge in [0.25, 0.3) is 5.91 Å². The second kappa shape index (κ2) is 8.97. The van der Waals surface area contributed by atoms with Gasteiger partial charge >= 0.3 is 5.97 Å². The lowest BCUT2D eigenvalue weighted by molar-refractivity contribution is 0.0600. The number of aromatic nitrogens is 2. The molecule has 0 aliphatic carbocycles. The fourth-order valence-corrected chi connectivity index (χ4v) is 2.87. The number of aryl methyl sites for hydroxylation is 2. The van der Waals surface area contributed by atoms with Gasteiger partial charge in [-0.3, -0.25) is 4.79 Å². The molecular weight excluding hydrogens is 368 g/mol. The van der Waals surface area contributed by atoms with Gasteiger partial charge in [0.15, 0.2) is 0 Å². The largest absolute Gasteiger partial charge is 0.465 e. The normalized spacial score (nSPS) is 10.3. The van der Waals surface area contributed by atoms with Crippen molar-refractivity contribution in [2.75, 3.05) is 17.7 Å². The second-order valence-electron chi connectivity index (χ2n) is 6.41. The van der Waals surface area contributed by atoms with Crippen molar-refractivity contribution in [1.29, 1.82) is 0 Å². The lowest BCUT2D eigenvalue weighted by Crippen LogP contribution is -2.15. The molecule has 0 atom stereocenters. The number of amides is 1. The molecule has 29 heavy (non-hydrogen) atoms. The Morgan fingerprint density at radius 1 is 1.03 bits per heavy atom. The highest BCUT2D eigenvalue weighted by atomic mass is 16.5. The molecule has 1 heterocycles. The van der Waals surface area contributed by atoms with Gasteiger partial charge in [0.05, 0.1) is 18.2 Å². The minimum absolute atomic E-state index is 0.270. The van der Waals surface area contributed by atoms with Gasteiger partial charge in [0.2, 0.25) is 5.95 Å². The highest BCUT2D eigenvalue weighted by Crippen LogP contribution is 2.22. The van der Waals surface area contributed by atoms with Crippen LogP contribution in [0, 0.1) is 6.92 Å². The molecule has 0 fully saturated rings. The summed E-state index contributed by atoms with van der Waals surface area (Å²) in [7, 11) is 1.33. The van der Waals surface area contributed by atoms with E-state index in [2.05, 4.69) is 20.6 Å². The number of carbonyl (C=O) groups excluding carboxylic acids is 2. The third-order valence-corrected chi connectivity index (χ3v) is 4.43. The zero-order valence-corrected chi connectivity index (χ0v) is 16.5. The average Bonchev–Trinajstić information content (AvgIpc) is 2.75. The molecule has 2 aromatic carbocycles. The molecular formula is C22H22N4O3. The Hall–Kier alpha value is -3.74. The van der Waals surface area contributed by atoms with Crippen LogP contribution in [-0.4, -0.2) is 29.0 Å². The lowest BCUT2D eigenvalue weighted by atomic mass is 10.1. The van der Waals surface area contributed by atoms with E-state index in [9.17, 15) is 9.59 Å². The maximum Gasteiger partial charge on any atom is 0.337 e. The molecule has 3 rings (SSSR count). The molecule has 7 nitrogen and oxygen atoms in total.